The van der Waals surface area contributed by atoms with Crippen molar-refractivity contribution in [1.29, 1.82) is 0 Å². The molecule has 0 saturated carbocycles. The number of carbonyl (C=O) groups is 1. The molecule has 3 N–H and O–H groups in total. The maximum Gasteiger partial charge on any atom is 0.407 e. The monoisotopic (exact) mass is 342 g/mol. The Bertz CT molecular complexity index is 785. The molecule has 1 aromatic heterocycles. The minimum atomic E-state index is -0.835. The van der Waals surface area contributed by atoms with Crippen LogP contribution in [0.15, 0.2) is 30.3 Å². The number of nitrogens with two attached hydrogens (primary N) is 1. The molecule has 0 aliphatic carbocycles. The van der Waals surface area contributed by atoms with E-state index in [9.17, 15) is 9.90 Å². The lowest BCUT2D eigenvalue weighted by Crippen LogP contribution is -2.59. The molecule has 1 fully saturated rings. The molecule has 0 radical (unpaired) electrons. The van der Waals surface area contributed by atoms with Crippen molar-refractivity contribution >= 4 is 22.8 Å². The van der Waals surface area contributed by atoms with E-state index in [1.807, 2.05) is 24.3 Å². The van der Waals surface area contributed by atoms with Crippen molar-refractivity contribution in [3.05, 3.63) is 35.9 Å². The Labute approximate surface area is 148 Å². The summed E-state index contributed by atoms with van der Waals surface area (Å²) >= 11 is 0. The maximum atomic E-state index is 11.6. The van der Waals surface area contributed by atoms with Crippen LogP contribution in [0.4, 0.5) is 10.6 Å². The first-order valence-electron chi connectivity index (χ1n) is 8.62. The normalized spacial score (nSPS) is 19.3. The minimum Gasteiger partial charge on any atom is -0.465 e. The maximum absolute atomic E-state index is 11.6. The van der Waals surface area contributed by atoms with E-state index in [2.05, 4.69) is 36.7 Å². The molecule has 1 amide bonds. The van der Waals surface area contributed by atoms with Gasteiger partial charge in [-0.05, 0) is 23.1 Å². The summed E-state index contributed by atoms with van der Waals surface area (Å²) < 4.78 is 0. The number of piperazine rings is 1. The van der Waals surface area contributed by atoms with Crippen molar-refractivity contribution in [3.63, 3.8) is 0 Å². The molecular formula is C19H26N4O2. The van der Waals surface area contributed by atoms with Gasteiger partial charge < -0.3 is 15.7 Å². The highest BCUT2D eigenvalue weighted by Crippen LogP contribution is 2.29. The summed E-state index contributed by atoms with van der Waals surface area (Å²) in [4.78, 5) is 19.9. The summed E-state index contributed by atoms with van der Waals surface area (Å²) in [6.07, 6.45) is -0.835. The highest BCUT2D eigenvalue weighted by Gasteiger charge is 2.37. The van der Waals surface area contributed by atoms with E-state index in [1.165, 1.54) is 0 Å². The zero-order valence-electron chi connectivity index (χ0n) is 15.1. The van der Waals surface area contributed by atoms with Crippen LogP contribution in [-0.2, 0) is 6.54 Å². The molecule has 0 bridgehead atoms. The van der Waals surface area contributed by atoms with Gasteiger partial charge in [-0.2, -0.15) is 0 Å². The molecule has 3 rings (SSSR count). The number of pyridine rings is 1. The Morgan fingerprint density at radius 2 is 2.04 bits per heavy atom. The molecule has 134 valence electrons. The van der Waals surface area contributed by atoms with Crippen LogP contribution in [0.25, 0.3) is 10.9 Å². The minimum absolute atomic E-state index is 0.0378. The van der Waals surface area contributed by atoms with E-state index in [1.54, 1.807) is 4.90 Å². The number of amides is 1. The summed E-state index contributed by atoms with van der Waals surface area (Å²) in [5.41, 5.74) is 7.89. The van der Waals surface area contributed by atoms with Crippen molar-refractivity contribution in [2.45, 2.75) is 33.4 Å². The molecule has 6 nitrogen and oxygen atoms in total. The van der Waals surface area contributed by atoms with E-state index in [0.29, 0.717) is 18.9 Å². The van der Waals surface area contributed by atoms with Gasteiger partial charge in [-0.15, -0.1) is 0 Å². The number of carboxylic acid groups (broad SMARTS) is 1. The molecule has 1 unspecified atom stereocenters. The van der Waals surface area contributed by atoms with Crippen molar-refractivity contribution in [1.82, 2.24) is 14.8 Å². The van der Waals surface area contributed by atoms with Crippen LogP contribution in [0.3, 0.4) is 0 Å². The van der Waals surface area contributed by atoms with Crippen molar-refractivity contribution in [2.24, 2.45) is 5.41 Å². The average Bonchev–Trinajstić information content (AvgIpc) is 2.53. The number of nitrogens with zero attached hydrogens (tertiary/aromatic N) is 3. The summed E-state index contributed by atoms with van der Waals surface area (Å²) in [5.74, 6) is 0.519. The van der Waals surface area contributed by atoms with Crippen LogP contribution < -0.4 is 5.73 Å². The number of fused-ring (bicyclic) bond motifs is 1. The van der Waals surface area contributed by atoms with Gasteiger partial charge in [0.15, 0.2) is 0 Å². The summed E-state index contributed by atoms with van der Waals surface area (Å²) in [7, 11) is 0. The van der Waals surface area contributed by atoms with Gasteiger partial charge in [-0.1, -0.05) is 39.0 Å². The molecule has 2 heterocycles. The predicted octanol–water partition coefficient (Wildman–Crippen LogP) is 3.03. The van der Waals surface area contributed by atoms with Gasteiger partial charge in [0.2, 0.25) is 0 Å². The lowest BCUT2D eigenvalue weighted by Gasteiger charge is -2.46. The average molecular weight is 342 g/mol. The topological polar surface area (TPSA) is 82.7 Å². The number of anilines is 1. The number of rotatable bonds is 2. The second-order valence-corrected chi connectivity index (χ2v) is 7.82. The van der Waals surface area contributed by atoms with E-state index < -0.39 is 6.09 Å². The Morgan fingerprint density at radius 1 is 1.32 bits per heavy atom. The zero-order chi connectivity index (χ0) is 18.2. The largest absolute Gasteiger partial charge is 0.465 e. The van der Waals surface area contributed by atoms with E-state index in [4.69, 9.17) is 5.73 Å². The fraction of sp³-hybridized carbons (Fsp3) is 0.474. The predicted molar refractivity (Wildman–Crippen MR) is 99.4 cm³/mol. The number of benzene rings is 1. The first-order valence-corrected chi connectivity index (χ1v) is 8.62. The molecule has 6 heteroatoms. The SMILES string of the molecule is CC(C)(C)C1CN(Cc2cc(N)nc3ccccc23)CCN1C(=O)O. The summed E-state index contributed by atoms with van der Waals surface area (Å²) in [6, 6.07) is 9.88. The fourth-order valence-corrected chi connectivity index (χ4v) is 3.60. The highest BCUT2D eigenvalue weighted by molar-refractivity contribution is 5.83. The first-order chi connectivity index (χ1) is 11.8. The van der Waals surface area contributed by atoms with Gasteiger partial charge in [0, 0.05) is 31.6 Å². The molecule has 1 saturated heterocycles. The molecule has 25 heavy (non-hydrogen) atoms. The smallest absolute Gasteiger partial charge is 0.407 e. The van der Waals surface area contributed by atoms with E-state index >= 15 is 0 Å². The number of para-hydroxylation sites is 1. The van der Waals surface area contributed by atoms with Gasteiger partial charge in [0.1, 0.15) is 5.82 Å². The van der Waals surface area contributed by atoms with Crippen molar-refractivity contribution < 1.29 is 9.90 Å². The third-order valence-electron chi connectivity index (χ3n) is 4.93. The number of aromatic nitrogens is 1. The Kier molecular flexibility index (Phi) is 4.56. The third-order valence-corrected chi connectivity index (χ3v) is 4.93. The van der Waals surface area contributed by atoms with Crippen LogP contribution in [0.2, 0.25) is 0 Å². The molecular weight excluding hydrogens is 316 g/mol. The first kappa shape index (κ1) is 17.5. The Balaban J connectivity index is 1.86. The Morgan fingerprint density at radius 3 is 2.72 bits per heavy atom. The van der Waals surface area contributed by atoms with Gasteiger partial charge in [0.05, 0.1) is 11.6 Å². The second-order valence-electron chi connectivity index (χ2n) is 7.82. The number of nitrogen functional groups attached to an aromatic ring is 1. The van der Waals surface area contributed by atoms with Gasteiger partial charge in [-0.3, -0.25) is 4.90 Å². The summed E-state index contributed by atoms with van der Waals surface area (Å²) in [5, 5.41) is 10.6. The number of hydrogen-bond acceptors (Lipinski definition) is 4. The van der Waals surface area contributed by atoms with Crippen LogP contribution in [0.5, 0.6) is 0 Å². The fourth-order valence-electron chi connectivity index (χ4n) is 3.60. The van der Waals surface area contributed by atoms with E-state index in [-0.39, 0.29) is 11.5 Å². The van der Waals surface area contributed by atoms with Gasteiger partial charge in [-0.25, -0.2) is 9.78 Å². The molecule has 0 spiro atoms. The standard InChI is InChI=1S/C19H26N4O2/c1-19(2,3)16-12-22(8-9-23(16)18(24)25)11-13-10-17(20)21-15-7-5-4-6-14(13)15/h4-7,10,16H,8-9,11-12H2,1-3H3,(H2,20,21)(H,24,25). The summed E-state index contributed by atoms with van der Waals surface area (Å²) in [6.45, 7) is 8.98. The number of hydrogen-bond donors (Lipinski definition) is 2. The highest BCUT2D eigenvalue weighted by atomic mass is 16.4. The lowest BCUT2D eigenvalue weighted by atomic mass is 9.84. The van der Waals surface area contributed by atoms with Gasteiger partial charge >= 0.3 is 6.09 Å². The molecule has 1 atom stereocenters. The molecule has 1 aromatic carbocycles. The van der Waals surface area contributed by atoms with Gasteiger partial charge in [0.25, 0.3) is 0 Å². The second kappa shape index (κ2) is 6.52. The molecule has 1 aliphatic heterocycles. The zero-order valence-corrected chi connectivity index (χ0v) is 15.1. The quantitative estimate of drug-likeness (QED) is 0.876. The lowest BCUT2D eigenvalue weighted by molar-refractivity contribution is 0.0191. The van der Waals surface area contributed by atoms with Crippen LogP contribution in [0, 0.1) is 5.41 Å². The van der Waals surface area contributed by atoms with Crippen LogP contribution >= 0.6 is 0 Å². The van der Waals surface area contributed by atoms with E-state index in [0.717, 1.165) is 29.6 Å². The van der Waals surface area contributed by atoms with Crippen LogP contribution in [0.1, 0.15) is 26.3 Å². The Hall–Kier alpha value is -2.34. The van der Waals surface area contributed by atoms with Crippen molar-refractivity contribution in [3.8, 4) is 0 Å². The van der Waals surface area contributed by atoms with Crippen LogP contribution in [-0.4, -0.2) is 51.7 Å². The molecule has 1 aliphatic rings. The van der Waals surface area contributed by atoms with Crippen molar-refractivity contribution in [2.75, 3.05) is 25.4 Å². The third kappa shape index (κ3) is 3.69. The molecule has 2 aromatic rings.